The van der Waals surface area contributed by atoms with Crippen LogP contribution in [0, 0.1) is 0 Å². The average Bonchev–Trinajstić information content (AvgIpc) is 2.09. The van der Waals surface area contributed by atoms with Crippen molar-refractivity contribution in [3.63, 3.8) is 0 Å². The predicted molar refractivity (Wildman–Crippen MR) is 52.9 cm³/mol. The minimum Gasteiger partial charge on any atom is -0.464 e. The first-order valence-corrected chi connectivity index (χ1v) is 4.30. The molecule has 0 saturated carbocycles. The van der Waals surface area contributed by atoms with Gasteiger partial charge in [0.1, 0.15) is 0 Å². The largest absolute Gasteiger partial charge is 0.464 e. The molecule has 0 fully saturated rings. The minimum atomic E-state index is -1.12. The molecule has 0 saturated heterocycles. The summed E-state index contributed by atoms with van der Waals surface area (Å²) in [6.07, 6.45) is 5.80. The third kappa shape index (κ3) is 8.59. The highest BCUT2D eigenvalue weighted by Crippen LogP contribution is 1.98. The minimum absolute atomic E-state index is 0.812. The molecular weight excluding hydrogens is 168 g/mol. The molecule has 0 radical (unpaired) electrons. The maximum absolute atomic E-state index is 10.1. The zero-order valence-electron chi connectivity index (χ0n) is 8.08. The van der Waals surface area contributed by atoms with Crippen LogP contribution in [0.5, 0.6) is 0 Å². The number of nitrogens with zero attached hydrogens (tertiary/aromatic N) is 1. The fourth-order valence-corrected chi connectivity index (χ4v) is 0.842. The van der Waals surface area contributed by atoms with Gasteiger partial charge in [0.15, 0.2) is 0 Å². The lowest BCUT2D eigenvalue weighted by atomic mass is 10.2. The van der Waals surface area contributed by atoms with Crippen LogP contribution in [0.2, 0.25) is 0 Å². The number of allylic oxidation sites excluding steroid dienone is 2. The van der Waals surface area contributed by atoms with E-state index in [2.05, 4.69) is 11.2 Å². The molecule has 0 heterocycles. The molecule has 0 atom stereocenters. The van der Waals surface area contributed by atoms with Crippen molar-refractivity contribution in [3.8, 4) is 0 Å². The normalized spacial score (nSPS) is 12.0. The summed E-state index contributed by atoms with van der Waals surface area (Å²) in [5.41, 5.74) is 2.78. The monoisotopic (exact) mass is 184 g/mol. The summed E-state index contributed by atoms with van der Waals surface area (Å²) in [6.45, 7) is 3.79. The lowest BCUT2D eigenvalue weighted by Gasteiger charge is -1.97. The first-order chi connectivity index (χ1) is 6.16. The third-order valence-electron chi connectivity index (χ3n) is 1.49. The molecule has 0 bridgehead atoms. The third-order valence-corrected chi connectivity index (χ3v) is 1.49. The molecule has 2 N–H and O–H groups in total. The number of hydrogen-bond donors (Lipinski definition) is 2. The Bertz CT molecular complexity index is 210. The van der Waals surface area contributed by atoms with Crippen molar-refractivity contribution in [3.05, 3.63) is 12.2 Å². The quantitative estimate of drug-likeness (QED) is 0.298. The van der Waals surface area contributed by atoms with E-state index in [0.717, 1.165) is 25.0 Å². The molecular formula is C9H16N2O2. The van der Waals surface area contributed by atoms with Crippen molar-refractivity contribution >= 4 is 11.8 Å². The van der Waals surface area contributed by atoms with Gasteiger partial charge in [-0.3, -0.25) is 0 Å². The summed E-state index contributed by atoms with van der Waals surface area (Å²) >= 11 is 0. The van der Waals surface area contributed by atoms with Gasteiger partial charge in [-0.25, -0.2) is 10.2 Å². The Hall–Kier alpha value is -1.32. The van der Waals surface area contributed by atoms with Gasteiger partial charge in [0.25, 0.3) is 0 Å². The summed E-state index contributed by atoms with van der Waals surface area (Å²) in [5.74, 6) is 0. The van der Waals surface area contributed by atoms with Gasteiger partial charge in [0, 0.05) is 5.71 Å². The number of amides is 1. The molecule has 0 aliphatic heterocycles. The molecule has 1 amide bonds. The van der Waals surface area contributed by atoms with Crippen molar-refractivity contribution < 1.29 is 9.90 Å². The summed E-state index contributed by atoms with van der Waals surface area (Å²) in [7, 11) is 0. The Balaban J connectivity index is 3.54. The van der Waals surface area contributed by atoms with Crippen LogP contribution >= 0.6 is 0 Å². The number of rotatable bonds is 5. The van der Waals surface area contributed by atoms with E-state index in [4.69, 9.17) is 5.11 Å². The van der Waals surface area contributed by atoms with Gasteiger partial charge >= 0.3 is 6.09 Å². The summed E-state index contributed by atoms with van der Waals surface area (Å²) in [4.78, 5) is 10.1. The number of nitrogens with one attached hydrogen (secondary N) is 1. The maximum Gasteiger partial charge on any atom is 0.425 e. The maximum atomic E-state index is 10.1. The van der Waals surface area contributed by atoms with E-state index in [1.54, 1.807) is 0 Å². The molecule has 4 nitrogen and oxygen atoms in total. The number of unbranched alkanes of at least 4 members (excludes halogenated alkanes) is 1. The molecule has 13 heavy (non-hydrogen) atoms. The van der Waals surface area contributed by atoms with Crippen molar-refractivity contribution in [1.82, 2.24) is 5.43 Å². The summed E-state index contributed by atoms with van der Waals surface area (Å²) < 4.78 is 0. The Morgan fingerprint density at radius 1 is 1.62 bits per heavy atom. The van der Waals surface area contributed by atoms with E-state index >= 15 is 0 Å². The van der Waals surface area contributed by atoms with E-state index in [1.165, 1.54) is 0 Å². The van der Waals surface area contributed by atoms with Crippen LogP contribution in [0.25, 0.3) is 0 Å². The standard InChI is InChI=1S/C9H16N2O2/c1-3-4-5-6-7-8(2)10-11-9(12)13/h3-4,11H,5-7H2,1-2H3,(H,12,13)/b4-3-,10-8?. The molecule has 0 spiro atoms. The smallest absolute Gasteiger partial charge is 0.425 e. The van der Waals surface area contributed by atoms with Crippen molar-refractivity contribution in [2.75, 3.05) is 0 Å². The lowest BCUT2D eigenvalue weighted by molar-refractivity contribution is 0.195. The number of hydrazone groups is 1. The van der Waals surface area contributed by atoms with Crippen molar-refractivity contribution in [1.29, 1.82) is 0 Å². The molecule has 0 rings (SSSR count). The molecule has 0 aliphatic carbocycles. The van der Waals surface area contributed by atoms with E-state index in [-0.39, 0.29) is 0 Å². The van der Waals surface area contributed by atoms with Crippen LogP contribution in [-0.2, 0) is 0 Å². The van der Waals surface area contributed by atoms with Crippen LogP contribution in [0.1, 0.15) is 33.1 Å². The second-order valence-electron chi connectivity index (χ2n) is 2.73. The molecule has 0 unspecified atom stereocenters. The number of carbonyl (C=O) groups is 1. The Morgan fingerprint density at radius 2 is 2.31 bits per heavy atom. The zero-order chi connectivity index (χ0) is 10.1. The molecule has 74 valence electrons. The van der Waals surface area contributed by atoms with Gasteiger partial charge in [-0.2, -0.15) is 5.10 Å². The van der Waals surface area contributed by atoms with Gasteiger partial charge in [-0.15, -0.1) is 0 Å². The van der Waals surface area contributed by atoms with E-state index in [0.29, 0.717) is 0 Å². The molecule has 4 heteroatoms. The van der Waals surface area contributed by atoms with Gasteiger partial charge in [0.05, 0.1) is 0 Å². The van der Waals surface area contributed by atoms with E-state index < -0.39 is 6.09 Å². The van der Waals surface area contributed by atoms with Crippen LogP contribution in [0.4, 0.5) is 4.79 Å². The van der Waals surface area contributed by atoms with Gasteiger partial charge in [0.2, 0.25) is 0 Å². The topological polar surface area (TPSA) is 61.7 Å². The predicted octanol–water partition coefficient (Wildman–Crippen LogP) is 2.38. The van der Waals surface area contributed by atoms with Crippen LogP contribution in [0.3, 0.4) is 0 Å². The van der Waals surface area contributed by atoms with Crippen molar-refractivity contribution in [2.24, 2.45) is 5.10 Å². The number of carboxylic acid groups (broad SMARTS) is 1. The molecule has 0 aromatic heterocycles. The first kappa shape index (κ1) is 11.7. The first-order valence-electron chi connectivity index (χ1n) is 4.30. The van der Waals surface area contributed by atoms with Crippen LogP contribution in [-0.4, -0.2) is 16.9 Å². The Kier molecular flexibility index (Phi) is 6.59. The highest BCUT2D eigenvalue weighted by atomic mass is 16.4. The molecule has 0 aromatic rings. The molecule has 0 aromatic carbocycles. The average molecular weight is 184 g/mol. The van der Waals surface area contributed by atoms with Gasteiger partial charge in [-0.1, -0.05) is 12.2 Å². The molecule has 0 aliphatic rings. The van der Waals surface area contributed by atoms with Crippen molar-refractivity contribution in [2.45, 2.75) is 33.1 Å². The lowest BCUT2D eigenvalue weighted by Crippen LogP contribution is -2.15. The second-order valence-corrected chi connectivity index (χ2v) is 2.73. The fraction of sp³-hybridized carbons (Fsp3) is 0.556. The SMILES string of the molecule is C/C=C\CCCC(C)=NNC(=O)O. The summed E-state index contributed by atoms with van der Waals surface area (Å²) in [5, 5.41) is 11.9. The van der Waals surface area contributed by atoms with Crippen LogP contribution in [0.15, 0.2) is 17.3 Å². The second kappa shape index (κ2) is 7.34. The van der Waals surface area contributed by atoms with Gasteiger partial charge < -0.3 is 5.11 Å². The zero-order valence-corrected chi connectivity index (χ0v) is 8.08. The van der Waals surface area contributed by atoms with E-state index in [1.807, 2.05) is 25.3 Å². The summed E-state index contributed by atoms with van der Waals surface area (Å²) in [6, 6.07) is 0. The Morgan fingerprint density at radius 3 is 2.85 bits per heavy atom. The highest BCUT2D eigenvalue weighted by molar-refractivity contribution is 5.82. The Labute approximate surface area is 78.3 Å². The van der Waals surface area contributed by atoms with E-state index in [9.17, 15) is 4.79 Å². The van der Waals surface area contributed by atoms with Gasteiger partial charge in [-0.05, 0) is 33.1 Å². The number of hydrogen-bond acceptors (Lipinski definition) is 2. The fourth-order valence-electron chi connectivity index (χ4n) is 0.842. The van der Waals surface area contributed by atoms with Crippen LogP contribution < -0.4 is 5.43 Å². The highest BCUT2D eigenvalue weighted by Gasteiger charge is 1.93.